The van der Waals surface area contributed by atoms with Crippen LogP contribution >= 0.6 is 0 Å². The lowest BCUT2D eigenvalue weighted by Gasteiger charge is -2.27. The highest BCUT2D eigenvalue weighted by Crippen LogP contribution is 2.22. The van der Waals surface area contributed by atoms with Gasteiger partial charge in [-0.05, 0) is 32.6 Å². The molecular formula is C14H23NO5. The molecule has 0 aromatic rings. The maximum atomic E-state index is 12.3. The first-order valence-corrected chi connectivity index (χ1v) is 7.33. The summed E-state index contributed by atoms with van der Waals surface area (Å²) in [5.41, 5.74) is 0. The summed E-state index contributed by atoms with van der Waals surface area (Å²) >= 11 is 0. The summed E-state index contributed by atoms with van der Waals surface area (Å²) in [6.07, 6.45) is 3.23. The molecule has 0 aliphatic carbocycles. The van der Waals surface area contributed by atoms with Crippen molar-refractivity contribution < 1.29 is 24.2 Å². The molecule has 2 fully saturated rings. The van der Waals surface area contributed by atoms with Gasteiger partial charge >= 0.3 is 5.97 Å². The molecule has 0 bridgehead atoms. The number of carbonyl (C=O) groups is 2. The summed E-state index contributed by atoms with van der Waals surface area (Å²) in [4.78, 5) is 24.8. The minimum Gasteiger partial charge on any atom is -0.481 e. The fourth-order valence-corrected chi connectivity index (χ4v) is 2.87. The van der Waals surface area contributed by atoms with Gasteiger partial charge < -0.3 is 19.5 Å². The van der Waals surface area contributed by atoms with E-state index in [1.54, 1.807) is 11.8 Å². The lowest BCUT2D eigenvalue weighted by Crippen LogP contribution is -2.43. The Morgan fingerprint density at radius 2 is 2.20 bits per heavy atom. The second kappa shape index (κ2) is 7.04. The largest absolute Gasteiger partial charge is 0.481 e. The van der Waals surface area contributed by atoms with E-state index < -0.39 is 12.1 Å². The van der Waals surface area contributed by atoms with Gasteiger partial charge in [0.05, 0.1) is 19.1 Å². The molecule has 6 nitrogen and oxygen atoms in total. The maximum Gasteiger partial charge on any atom is 0.305 e. The third kappa shape index (κ3) is 3.93. The van der Waals surface area contributed by atoms with Crippen molar-refractivity contribution in [1.82, 2.24) is 4.90 Å². The minimum atomic E-state index is -0.859. The highest BCUT2D eigenvalue weighted by molar-refractivity contribution is 5.81. The number of rotatable bonds is 6. The van der Waals surface area contributed by atoms with Gasteiger partial charge in [-0.1, -0.05) is 0 Å². The van der Waals surface area contributed by atoms with Crippen LogP contribution in [-0.2, 0) is 19.1 Å². The third-order valence-corrected chi connectivity index (χ3v) is 3.97. The molecule has 0 spiro atoms. The average molecular weight is 285 g/mol. The molecule has 6 heteroatoms. The number of carbonyl (C=O) groups excluding carboxylic acids is 1. The molecule has 1 amide bonds. The summed E-state index contributed by atoms with van der Waals surface area (Å²) in [6, 6.07) is -0.186. The van der Waals surface area contributed by atoms with E-state index >= 15 is 0 Å². The van der Waals surface area contributed by atoms with Gasteiger partial charge in [0.25, 0.3) is 5.91 Å². The maximum absolute atomic E-state index is 12.3. The molecule has 2 saturated heterocycles. The zero-order valence-corrected chi connectivity index (χ0v) is 11.9. The first-order chi connectivity index (χ1) is 9.58. The summed E-state index contributed by atoms with van der Waals surface area (Å²) < 4.78 is 11.0. The van der Waals surface area contributed by atoms with Gasteiger partial charge in [-0.3, -0.25) is 9.59 Å². The van der Waals surface area contributed by atoms with Crippen LogP contribution in [-0.4, -0.2) is 59.9 Å². The molecule has 20 heavy (non-hydrogen) atoms. The van der Waals surface area contributed by atoms with E-state index in [9.17, 15) is 9.59 Å². The standard InChI is InChI=1S/C14H23NO5/c1-10(20-9-12-5-3-7-19-12)14(18)15-6-2-4-11(15)8-13(16)17/h10-12H,2-9H2,1H3,(H,16,17)/t10-,11+,12+/m0/s1. The molecule has 2 aliphatic rings. The number of carboxylic acid groups (broad SMARTS) is 1. The monoisotopic (exact) mass is 285 g/mol. The van der Waals surface area contributed by atoms with Gasteiger partial charge in [0.2, 0.25) is 0 Å². The van der Waals surface area contributed by atoms with Crippen molar-refractivity contribution in [2.75, 3.05) is 19.8 Å². The molecule has 2 heterocycles. The highest BCUT2D eigenvalue weighted by atomic mass is 16.5. The van der Waals surface area contributed by atoms with Crippen LogP contribution in [0.15, 0.2) is 0 Å². The van der Waals surface area contributed by atoms with Crippen molar-refractivity contribution in [3.63, 3.8) is 0 Å². The van der Waals surface area contributed by atoms with Gasteiger partial charge in [-0.25, -0.2) is 0 Å². The fourth-order valence-electron chi connectivity index (χ4n) is 2.87. The smallest absolute Gasteiger partial charge is 0.305 e. The number of hydrogen-bond acceptors (Lipinski definition) is 4. The van der Waals surface area contributed by atoms with E-state index in [0.717, 1.165) is 32.3 Å². The number of likely N-dealkylation sites (tertiary alicyclic amines) is 1. The second-order valence-corrected chi connectivity index (χ2v) is 5.54. The Morgan fingerprint density at radius 1 is 1.40 bits per heavy atom. The number of carboxylic acids is 1. The van der Waals surface area contributed by atoms with Crippen molar-refractivity contribution in [3.05, 3.63) is 0 Å². The van der Waals surface area contributed by atoms with Crippen LogP contribution in [0.25, 0.3) is 0 Å². The first-order valence-electron chi connectivity index (χ1n) is 7.33. The van der Waals surface area contributed by atoms with Gasteiger partial charge in [0.1, 0.15) is 6.10 Å². The van der Waals surface area contributed by atoms with Crippen LogP contribution in [0.3, 0.4) is 0 Å². The van der Waals surface area contributed by atoms with Crippen molar-refractivity contribution in [2.24, 2.45) is 0 Å². The van der Waals surface area contributed by atoms with Gasteiger partial charge in [-0.2, -0.15) is 0 Å². The number of aliphatic carboxylic acids is 1. The van der Waals surface area contributed by atoms with Crippen LogP contribution in [0, 0.1) is 0 Å². The molecule has 3 atom stereocenters. The summed E-state index contributed by atoms with van der Waals surface area (Å²) in [7, 11) is 0. The van der Waals surface area contributed by atoms with Crippen LogP contribution in [0.1, 0.15) is 39.0 Å². The van der Waals surface area contributed by atoms with Crippen LogP contribution < -0.4 is 0 Å². The Morgan fingerprint density at radius 3 is 2.85 bits per heavy atom. The molecule has 2 rings (SSSR count). The second-order valence-electron chi connectivity index (χ2n) is 5.54. The molecule has 0 radical (unpaired) electrons. The van der Waals surface area contributed by atoms with Crippen LogP contribution in [0.5, 0.6) is 0 Å². The van der Waals surface area contributed by atoms with E-state index in [1.165, 1.54) is 0 Å². The van der Waals surface area contributed by atoms with Crippen molar-refractivity contribution in [3.8, 4) is 0 Å². The minimum absolute atomic E-state index is 0.0181. The number of amides is 1. The number of hydrogen-bond donors (Lipinski definition) is 1. The Balaban J connectivity index is 1.80. The molecule has 0 saturated carbocycles. The summed E-state index contributed by atoms with van der Waals surface area (Å²) in [5, 5.41) is 8.87. The SMILES string of the molecule is C[C@H](OC[C@H]1CCCO1)C(=O)N1CCC[C@@H]1CC(=O)O. The normalized spacial score (nSPS) is 27.8. The highest BCUT2D eigenvalue weighted by Gasteiger charge is 2.33. The predicted octanol–water partition coefficient (Wildman–Crippen LogP) is 1.04. The van der Waals surface area contributed by atoms with Gasteiger partial charge in [0, 0.05) is 19.2 Å². The van der Waals surface area contributed by atoms with Gasteiger partial charge in [0.15, 0.2) is 0 Å². The Bertz CT molecular complexity index is 353. The topological polar surface area (TPSA) is 76.1 Å². The Labute approximate surface area is 119 Å². The molecule has 114 valence electrons. The van der Waals surface area contributed by atoms with E-state index in [4.69, 9.17) is 14.6 Å². The Hall–Kier alpha value is -1.14. The third-order valence-electron chi connectivity index (χ3n) is 3.97. The summed E-state index contributed by atoms with van der Waals surface area (Å²) in [6.45, 7) is 3.56. The molecule has 2 aliphatic heterocycles. The van der Waals surface area contributed by atoms with Crippen LogP contribution in [0.4, 0.5) is 0 Å². The van der Waals surface area contributed by atoms with E-state index in [1.807, 2.05) is 0 Å². The summed E-state index contributed by atoms with van der Waals surface area (Å²) in [5.74, 6) is -0.964. The molecule has 0 aromatic carbocycles. The van der Waals surface area contributed by atoms with E-state index in [-0.39, 0.29) is 24.5 Å². The van der Waals surface area contributed by atoms with E-state index in [0.29, 0.717) is 13.2 Å². The Kier molecular flexibility index (Phi) is 5.37. The zero-order valence-electron chi connectivity index (χ0n) is 11.9. The van der Waals surface area contributed by atoms with Crippen molar-refractivity contribution >= 4 is 11.9 Å². The molecule has 0 aromatic heterocycles. The number of ether oxygens (including phenoxy) is 2. The fraction of sp³-hybridized carbons (Fsp3) is 0.857. The predicted molar refractivity (Wildman–Crippen MR) is 71.4 cm³/mol. The van der Waals surface area contributed by atoms with Crippen molar-refractivity contribution in [1.29, 1.82) is 0 Å². The van der Waals surface area contributed by atoms with E-state index in [2.05, 4.69) is 0 Å². The lowest BCUT2D eigenvalue weighted by molar-refractivity contribution is -0.147. The van der Waals surface area contributed by atoms with Gasteiger partial charge in [-0.15, -0.1) is 0 Å². The quantitative estimate of drug-likeness (QED) is 0.789. The average Bonchev–Trinajstić information content (AvgIpc) is 3.05. The van der Waals surface area contributed by atoms with Crippen molar-refractivity contribution in [2.45, 2.75) is 57.3 Å². The lowest BCUT2D eigenvalue weighted by atomic mass is 10.1. The van der Waals surface area contributed by atoms with Crippen LogP contribution in [0.2, 0.25) is 0 Å². The zero-order chi connectivity index (χ0) is 14.5. The molecule has 1 N–H and O–H groups in total. The number of nitrogens with zero attached hydrogens (tertiary/aromatic N) is 1. The first kappa shape index (κ1) is 15.3. The molecule has 0 unspecified atom stereocenters. The molecular weight excluding hydrogens is 262 g/mol.